The van der Waals surface area contributed by atoms with Crippen molar-refractivity contribution in [3.8, 4) is 0 Å². The third-order valence-electron chi connectivity index (χ3n) is 4.69. The Morgan fingerprint density at radius 2 is 1.90 bits per heavy atom. The third kappa shape index (κ3) is 4.80. The van der Waals surface area contributed by atoms with Crippen LogP contribution in [-0.2, 0) is 11.2 Å². The van der Waals surface area contributed by atoms with Crippen LogP contribution in [0.15, 0.2) is 24.3 Å². The van der Waals surface area contributed by atoms with E-state index in [2.05, 4.69) is 48.5 Å². The molecule has 3 nitrogen and oxygen atoms in total. The molecule has 1 aliphatic rings. The molecule has 1 unspecified atom stereocenters. The number of nitrogens with one attached hydrogen (secondary N) is 1. The van der Waals surface area contributed by atoms with Crippen LogP contribution in [0.25, 0.3) is 0 Å². The second-order valence-corrected chi connectivity index (χ2v) is 6.14. The smallest absolute Gasteiger partial charge is 0.0491 e. The van der Waals surface area contributed by atoms with Gasteiger partial charge in [-0.1, -0.05) is 31.2 Å². The van der Waals surface area contributed by atoms with Crippen LogP contribution in [0.1, 0.15) is 36.9 Å². The van der Waals surface area contributed by atoms with E-state index in [1.165, 1.54) is 37.1 Å². The number of aryl methyl sites for hydroxylation is 1. The molecule has 118 valence electrons. The Kier molecular flexibility index (Phi) is 6.68. The van der Waals surface area contributed by atoms with E-state index in [1.807, 2.05) is 7.11 Å². The summed E-state index contributed by atoms with van der Waals surface area (Å²) in [5.41, 5.74) is 2.81. The van der Waals surface area contributed by atoms with Gasteiger partial charge in [-0.3, -0.25) is 0 Å². The van der Waals surface area contributed by atoms with Gasteiger partial charge in [0.25, 0.3) is 0 Å². The van der Waals surface area contributed by atoms with Crippen molar-refractivity contribution in [1.29, 1.82) is 0 Å². The zero-order valence-electron chi connectivity index (χ0n) is 13.8. The maximum atomic E-state index is 5.28. The van der Waals surface area contributed by atoms with Crippen LogP contribution in [0.2, 0.25) is 0 Å². The van der Waals surface area contributed by atoms with Gasteiger partial charge in [0.05, 0.1) is 0 Å². The first-order chi connectivity index (χ1) is 10.3. The van der Waals surface area contributed by atoms with Gasteiger partial charge in [0, 0.05) is 26.3 Å². The minimum absolute atomic E-state index is 0.426. The van der Waals surface area contributed by atoms with Gasteiger partial charge in [0.15, 0.2) is 0 Å². The van der Waals surface area contributed by atoms with Gasteiger partial charge in [-0.15, -0.1) is 0 Å². The fourth-order valence-electron chi connectivity index (χ4n) is 3.18. The van der Waals surface area contributed by atoms with Gasteiger partial charge in [-0.05, 0) is 56.4 Å². The first kappa shape index (κ1) is 16.5. The quantitative estimate of drug-likeness (QED) is 0.835. The summed E-state index contributed by atoms with van der Waals surface area (Å²) in [6.45, 7) is 6.61. The normalized spacial score (nSPS) is 18.8. The Hall–Kier alpha value is -0.900. The molecule has 1 aliphatic heterocycles. The van der Waals surface area contributed by atoms with E-state index in [-0.39, 0.29) is 0 Å². The molecule has 3 heteroatoms. The van der Waals surface area contributed by atoms with E-state index in [9.17, 15) is 0 Å². The fraction of sp³-hybridized carbons (Fsp3) is 0.667. The number of benzene rings is 1. The van der Waals surface area contributed by atoms with Gasteiger partial charge >= 0.3 is 0 Å². The molecule has 0 aliphatic carbocycles. The molecule has 1 saturated heterocycles. The van der Waals surface area contributed by atoms with Crippen LogP contribution in [0, 0.1) is 5.92 Å². The number of nitrogens with zero attached hydrogens (tertiary/aromatic N) is 1. The van der Waals surface area contributed by atoms with Crippen LogP contribution in [0.5, 0.6) is 0 Å². The van der Waals surface area contributed by atoms with Crippen molar-refractivity contribution in [3.05, 3.63) is 35.4 Å². The molecule has 0 saturated carbocycles. The Morgan fingerprint density at radius 1 is 1.24 bits per heavy atom. The maximum Gasteiger partial charge on any atom is 0.0491 e. The molecule has 1 aromatic rings. The van der Waals surface area contributed by atoms with E-state index in [1.54, 1.807) is 0 Å². The zero-order chi connectivity index (χ0) is 15.1. The largest absolute Gasteiger partial charge is 0.384 e. The number of methoxy groups -OCH3 is 1. The molecule has 21 heavy (non-hydrogen) atoms. The lowest BCUT2D eigenvalue weighted by Gasteiger charge is -2.34. The predicted octanol–water partition coefficient (Wildman–Crippen LogP) is 2.87. The van der Waals surface area contributed by atoms with Gasteiger partial charge < -0.3 is 15.0 Å². The van der Waals surface area contributed by atoms with Gasteiger partial charge in [-0.2, -0.15) is 0 Å². The highest BCUT2D eigenvalue weighted by atomic mass is 16.5. The van der Waals surface area contributed by atoms with Crippen molar-refractivity contribution in [1.82, 2.24) is 10.2 Å². The van der Waals surface area contributed by atoms with Gasteiger partial charge in [0.1, 0.15) is 0 Å². The molecular weight excluding hydrogens is 260 g/mol. The summed E-state index contributed by atoms with van der Waals surface area (Å²) < 4.78 is 5.28. The van der Waals surface area contributed by atoms with E-state index in [0.717, 1.165) is 25.5 Å². The number of rotatable bonds is 7. The predicted molar refractivity (Wildman–Crippen MR) is 88.7 cm³/mol. The molecule has 1 N–H and O–H groups in total. The Balaban J connectivity index is 1.87. The summed E-state index contributed by atoms with van der Waals surface area (Å²) in [7, 11) is 3.87. The molecule has 1 atom stereocenters. The van der Waals surface area contributed by atoms with Crippen molar-refractivity contribution >= 4 is 0 Å². The SMILES string of the molecule is CCc1ccc(C(CN2CCC(COC)CC2)NC)cc1. The van der Waals surface area contributed by atoms with Gasteiger partial charge in [-0.25, -0.2) is 0 Å². The lowest BCUT2D eigenvalue weighted by Crippen LogP contribution is -2.40. The highest BCUT2D eigenvalue weighted by Gasteiger charge is 2.21. The number of likely N-dealkylation sites (tertiary alicyclic amines) is 1. The molecule has 0 aromatic heterocycles. The van der Waals surface area contributed by atoms with E-state index >= 15 is 0 Å². The Bertz CT molecular complexity index is 396. The molecule has 0 spiro atoms. The van der Waals surface area contributed by atoms with Crippen LogP contribution in [0.3, 0.4) is 0 Å². The van der Waals surface area contributed by atoms with Crippen molar-refractivity contribution in [2.45, 2.75) is 32.2 Å². The summed E-state index contributed by atoms with van der Waals surface area (Å²) in [5.74, 6) is 0.753. The fourth-order valence-corrected chi connectivity index (χ4v) is 3.18. The number of hydrogen-bond acceptors (Lipinski definition) is 3. The van der Waals surface area contributed by atoms with Crippen molar-refractivity contribution < 1.29 is 4.74 Å². The summed E-state index contributed by atoms with van der Waals surface area (Å²) >= 11 is 0. The average molecular weight is 290 g/mol. The summed E-state index contributed by atoms with van der Waals surface area (Å²) in [6.07, 6.45) is 3.63. The van der Waals surface area contributed by atoms with Crippen LogP contribution in [-0.4, -0.2) is 45.3 Å². The molecule has 0 radical (unpaired) electrons. The Labute approximate surface area is 129 Å². The molecule has 0 amide bonds. The highest BCUT2D eigenvalue weighted by molar-refractivity contribution is 5.25. The highest BCUT2D eigenvalue weighted by Crippen LogP contribution is 2.21. The summed E-state index contributed by atoms with van der Waals surface area (Å²) in [4.78, 5) is 2.58. The van der Waals surface area contributed by atoms with E-state index < -0.39 is 0 Å². The molecular formula is C18H30N2O. The molecule has 1 aromatic carbocycles. The standard InChI is InChI=1S/C18H30N2O/c1-4-15-5-7-17(8-6-15)18(19-2)13-20-11-9-16(10-12-20)14-21-3/h5-8,16,18-19H,4,9-14H2,1-3H3. The topological polar surface area (TPSA) is 24.5 Å². The van der Waals surface area contributed by atoms with Crippen LogP contribution in [0.4, 0.5) is 0 Å². The average Bonchev–Trinajstić information content (AvgIpc) is 2.54. The second kappa shape index (κ2) is 8.52. The maximum absolute atomic E-state index is 5.28. The van der Waals surface area contributed by atoms with E-state index in [0.29, 0.717) is 6.04 Å². The number of likely N-dealkylation sites (N-methyl/N-ethyl adjacent to an activating group) is 1. The van der Waals surface area contributed by atoms with Gasteiger partial charge in [0.2, 0.25) is 0 Å². The van der Waals surface area contributed by atoms with Crippen molar-refractivity contribution in [2.24, 2.45) is 5.92 Å². The molecule has 1 heterocycles. The number of ether oxygens (including phenoxy) is 1. The molecule has 2 rings (SSSR count). The second-order valence-electron chi connectivity index (χ2n) is 6.14. The number of piperidine rings is 1. The minimum atomic E-state index is 0.426. The first-order valence-corrected chi connectivity index (χ1v) is 8.24. The summed E-state index contributed by atoms with van der Waals surface area (Å²) in [6, 6.07) is 9.49. The molecule has 1 fully saturated rings. The lowest BCUT2D eigenvalue weighted by molar-refractivity contribution is 0.0956. The summed E-state index contributed by atoms with van der Waals surface area (Å²) in [5, 5.41) is 3.47. The first-order valence-electron chi connectivity index (χ1n) is 8.24. The van der Waals surface area contributed by atoms with E-state index in [4.69, 9.17) is 4.74 Å². The van der Waals surface area contributed by atoms with Crippen molar-refractivity contribution in [3.63, 3.8) is 0 Å². The monoisotopic (exact) mass is 290 g/mol. The van der Waals surface area contributed by atoms with Crippen LogP contribution < -0.4 is 5.32 Å². The number of hydrogen-bond donors (Lipinski definition) is 1. The zero-order valence-corrected chi connectivity index (χ0v) is 13.8. The lowest BCUT2D eigenvalue weighted by atomic mass is 9.96. The van der Waals surface area contributed by atoms with Crippen molar-refractivity contribution in [2.75, 3.05) is 40.4 Å². The Morgan fingerprint density at radius 3 is 2.43 bits per heavy atom. The molecule has 0 bridgehead atoms. The minimum Gasteiger partial charge on any atom is -0.384 e. The third-order valence-corrected chi connectivity index (χ3v) is 4.69. The van der Waals surface area contributed by atoms with Crippen LogP contribution >= 0.6 is 0 Å².